The van der Waals surface area contributed by atoms with Crippen LogP contribution in [0.5, 0.6) is 0 Å². The molecule has 0 radical (unpaired) electrons. The zero-order valence-electron chi connectivity index (χ0n) is 9.19. The number of fused-ring (bicyclic) bond motifs is 1. The van der Waals surface area contributed by atoms with Crippen molar-refractivity contribution in [1.82, 2.24) is 19.6 Å². The molecule has 1 N–H and O–H groups in total. The summed E-state index contributed by atoms with van der Waals surface area (Å²) in [5, 5.41) is 13.3. The number of imidazole rings is 1. The zero-order chi connectivity index (χ0) is 12.5. The quantitative estimate of drug-likeness (QED) is 0.734. The van der Waals surface area contributed by atoms with Gasteiger partial charge in [-0.2, -0.15) is 5.10 Å². The maximum atomic E-state index is 11.1. The van der Waals surface area contributed by atoms with E-state index in [-0.39, 0.29) is 5.69 Å². The second-order valence-corrected chi connectivity index (χ2v) is 3.65. The van der Waals surface area contributed by atoms with E-state index in [0.717, 1.165) is 5.56 Å². The normalized spacial score (nSPS) is 10.7. The number of pyridine rings is 1. The molecular weight excluding hydrogens is 232 g/mol. The molecule has 0 unspecified atom stereocenters. The molecule has 0 saturated heterocycles. The summed E-state index contributed by atoms with van der Waals surface area (Å²) in [4.78, 5) is 19.2. The number of aromatic nitrogens is 4. The lowest BCUT2D eigenvalue weighted by molar-refractivity contribution is 0.0693. The van der Waals surface area contributed by atoms with Crippen molar-refractivity contribution >= 4 is 11.5 Å². The summed E-state index contributed by atoms with van der Waals surface area (Å²) in [7, 11) is 0. The molecule has 0 aliphatic heterocycles. The van der Waals surface area contributed by atoms with Crippen molar-refractivity contribution in [3.8, 4) is 11.4 Å². The number of carboxylic acid groups (broad SMARTS) is 1. The second-order valence-electron chi connectivity index (χ2n) is 3.65. The van der Waals surface area contributed by atoms with Gasteiger partial charge in [0.05, 0.1) is 0 Å². The number of carboxylic acids is 1. The smallest absolute Gasteiger partial charge is 0.356 e. The minimum Gasteiger partial charge on any atom is -0.476 e. The first-order valence-electron chi connectivity index (χ1n) is 5.25. The molecule has 3 aromatic heterocycles. The lowest BCUT2D eigenvalue weighted by Crippen LogP contribution is -1.97. The van der Waals surface area contributed by atoms with Crippen molar-refractivity contribution in [1.29, 1.82) is 0 Å². The van der Waals surface area contributed by atoms with Gasteiger partial charge in [0.1, 0.15) is 5.52 Å². The predicted molar refractivity (Wildman–Crippen MR) is 63.2 cm³/mol. The number of hydrogen-bond acceptors (Lipinski definition) is 4. The van der Waals surface area contributed by atoms with E-state index in [0.29, 0.717) is 11.3 Å². The number of rotatable bonds is 2. The Morgan fingerprint density at radius 1 is 1.17 bits per heavy atom. The Hall–Kier alpha value is -2.76. The van der Waals surface area contributed by atoms with Gasteiger partial charge in [0, 0.05) is 24.2 Å². The average Bonchev–Trinajstić information content (AvgIpc) is 2.79. The molecule has 0 saturated carbocycles. The highest BCUT2D eigenvalue weighted by atomic mass is 16.4. The lowest BCUT2D eigenvalue weighted by atomic mass is 10.2. The van der Waals surface area contributed by atoms with E-state index >= 15 is 0 Å². The average molecular weight is 240 g/mol. The van der Waals surface area contributed by atoms with Crippen LogP contribution in [0.1, 0.15) is 10.5 Å². The molecule has 0 bridgehead atoms. The minimum atomic E-state index is -1.07. The van der Waals surface area contributed by atoms with Crippen molar-refractivity contribution < 1.29 is 9.90 Å². The van der Waals surface area contributed by atoms with Crippen molar-refractivity contribution in [2.24, 2.45) is 0 Å². The van der Waals surface area contributed by atoms with Gasteiger partial charge in [-0.3, -0.25) is 4.98 Å². The molecule has 18 heavy (non-hydrogen) atoms. The van der Waals surface area contributed by atoms with Gasteiger partial charge in [0.25, 0.3) is 0 Å². The maximum Gasteiger partial charge on any atom is 0.356 e. The van der Waals surface area contributed by atoms with Gasteiger partial charge in [0.15, 0.2) is 11.5 Å². The third kappa shape index (κ3) is 1.51. The molecule has 6 nitrogen and oxygen atoms in total. The van der Waals surface area contributed by atoms with Crippen molar-refractivity contribution in [2.45, 2.75) is 0 Å². The molecule has 0 fully saturated rings. The summed E-state index contributed by atoms with van der Waals surface area (Å²) in [6, 6.07) is 6.87. The van der Waals surface area contributed by atoms with Gasteiger partial charge >= 0.3 is 5.97 Å². The van der Waals surface area contributed by atoms with E-state index in [4.69, 9.17) is 5.11 Å². The Kier molecular flexibility index (Phi) is 2.26. The molecule has 6 heteroatoms. The minimum absolute atomic E-state index is 0.00471. The van der Waals surface area contributed by atoms with Crippen LogP contribution in [-0.2, 0) is 0 Å². The molecule has 0 aliphatic carbocycles. The highest BCUT2D eigenvalue weighted by Gasteiger charge is 2.17. The number of aromatic carboxylic acids is 1. The van der Waals surface area contributed by atoms with Crippen LogP contribution in [-0.4, -0.2) is 30.7 Å². The summed E-state index contributed by atoms with van der Waals surface area (Å²) < 4.78 is 1.51. The Morgan fingerprint density at radius 3 is 2.67 bits per heavy atom. The molecule has 0 atom stereocenters. The third-order valence-corrected chi connectivity index (χ3v) is 2.55. The van der Waals surface area contributed by atoms with Gasteiger partial charge in [-0.05, 0) is 24.3 Å². The molecule has 0 aliphatic rings. The maximum absolute atomic E-state index is 11.1. The molecule has 0 amide bonds. The van der Waals surface area contributed by atoms with Crippen LogP contribution in [0.25, 0.3) is 16.9 Å². The van der Waals surface area contributed by atoms with Gasteiger partial charge < -0.3 is 5.11 Å². The number of carbonyl (C=O) groups is 1. The molecule has 3 aromatic rings. The Balaban J connectivity index is 2.34. The summed E-state index contributed by atoms with van der Waals surface area (Å²) in [5.41, 5.74) is 1.23. The topological polar surface area (TPSA) is 80.4 Å². The van der Waals surface area contributed by atoms with Gasteiger partial charge in [-0.15, -0.1) is 0 Å². The van der Waals surface area contributed by atoms with E-state index in [2.05, 4.69) is 15.1 Å². The van der Waals surface area contributed by atoms with Gasteiger partial charge in [0.2, 0.25) is 0 Å². The fraction of sp³-hybridized carbons (Fsp3) is 0. The van der Waals surface area contributed by atoms with Crippen molar-refractivity contribution in [3.05, 3.63) is 48.5 Å². The predicted octanol–water partition coefficient (Wildman–Crippen LogP) is 1.49. The van der Waals surface area contributed by atoms with Crippen molar-refractivity contribution in [2.75, 3.05) is 0 Å². The van der Waals surface area contributed by atoms with Crippen molar-refractivity contribution in [3.63, 3.8) is 0 Å². The summed E-state index contributed by atoms with van der Waals surface area (Å²) >= 11 is 0. The number of nitrogens with zero attached hydrogens (tertiary/aromatic N) is 4. The molecule has 0 spiro atoms. The third-order valence-electron chi connectivity index (χ3n) is 2.55. The second kappa shape index (κ2) is 3.92. The summed E-state index contributed by atoms with van der Waals surface area (Å²) in [6.45, 7) is 0. The summed E-state index contributed by atoms with van der Waals surface area (Å²) in [5.74, 6) is -0.578. The first-order chi connectivity index (χ1) is 8.77. The SMILES string of the molecule is O=C(O)c1nc(-c2ccncc2)n2ncccc12. The van der Waals surface area contributed by atoms with Crippen LogP contribution >= 0.6 is 0 Å². The largest absolute Gasteiger partial charge is 0.476 e. The van der Waals surface area contributed by atoms with E-state index in [1.807, 2.05) is 0 Å². The lowest BCUT2D eigenvalue weighted by Gasteiger charge is -1.98. The zero-order valence-corrected chi connectivity index (χ0v) is 9.19. The fourth-order valence-electron chi connectivity index (χ4n) is 1.78. The molecule has 88 valence electrons. The highest BCUT2D eigenvalue weighted by molar-refractivity contribution is 5.94. The van der Waals surface area contributed by atoms with E-state index in [9.17, 15) is 4.79 Å². The monoisotopic (exact) mass is 240 g/mol. The first-order valence-corrected chi connectivity index (χ1v) is 5.25. The van der Waals surface area contributed by atoms with E-state index in [1.165, 1.54) is 4.52 Å². The Labute approximate surface area is 102 Å². The van der Waals surface area contributed by atoms with Gasteiger partial charge in [-0.1, -0.05) is 0 Å². The van der Waals surface area contributed by atoms with Crippen LogP contribution in [0.3, 0.4) is 0 Å². The number of hydrogen-bond donors (Lipinski definition) is 1. The highest BCUT2D eigenvalue weighted by Crippen LogP contribution is 2.20. The summed E-state index contributed by atoms with van der Waals surface area (Å²) in [6.07, 6.45) is 4.84. The van der Waals surface area contributed by atoms with Crippen LogP contribution in [0, 0.1) is 0 Å². The Bertz CT molecular complexity index is 721. The fourth-order valence-corrected chi connectivity index (χ4v) is 1.78. The van der Waals surface area contributed by atoms with Gasteiger partial charge in [-0.25, -0.2) is 14.3 Å². The van der Waals surface area contributed by atoms with E-state index in [1.54, 1.807) is 42.9 Å². The molecule has 0 aromatic carbocycles. The molecule has 3 heterocycles. The molecular formula is C12H8N4O2. The molecule has 3 rings (SSSR count). The standard InChI is InChI=1S/C12H8N4O2/c17-12(18)10-9-2-1-5-14-16(9)11(15-10)8-3-6-13-7-4-8/h1-7H,(H,17,18). The van der Waals surface area contributed by atoms with E-state index < -0.39 is 5.97 Å². The Morgan fingerprint density at radius 2 is 1.94 bits per heavy atom. The van der Waals surface area contributed by atoms with Crippen LogP contribution in [0.2, 0.25) is 0 Å². The van der Waals surface area contributed by atoms with Crippen LogP contribution in [0.15, 0.2) is 42.9 Å². The first kappa shape index (κ1) is 10.4. The van der Waals surface area contributed by atoms with Crippen LogP contribution < -0.4 is 0 Å². The van der Waals surface area contributed by atoms with Crippen LogP contribution in [0.4, 0.5) is 0 Å².